The number of nitrogens with one attached hydrogen (secondary N) is 1. The number of aliphatic hydroxyl groups excluding tert-OH is 1. The molecule has 0 saturated heterocycles. The van der Waals surface area contributed by atoms with Crippen molar-refractivity contribution in [2.75, 3.05) is 19.8 Å². The summed E-state index contributed by atoms with van der Waals surface area (Å²) in [5, 5.41) is 12.8. The second-order valence-electron chi connectivity index (χ2n) is 6.32. The van der Waals surface area contributed by atoms with Crippen LogP contribution in [0.5, 0.6) is 5.75 Å². The smallest absolute Gasteiger partial charge is 0.124 e. The molecule has 0 amide bonds. The molecule has 3 nitrogen and oxygen atoms in total. The molecule has 2 atom stereocenters. The monoisotopic (exact) mass is 263 g/mol. The highest BCUT2D eigenvalue weighted by Gasteiger charge is 2.29. The van der Waals surface area contributed by atoms with E-state index in [1.165, 1.54) is 5.56 Å². The molecule has 0 radical (unpaired) electrons. The third-order valence-electron chi connectivity index (χ3n) is 3.91. The normalized spacial score (nSPS) is 22.7. The molecule has 2 N–H and O–H groups in total. The van der Waals surface area contributed by atoms with Gasteiger partial charge in [-0.2, -0.15) is 0 Å². The Morgan fingerprint density at radius 2 is 2.11 bits per heavy atom. The largest absolute Gasteiger partial charge is 0.493 e. The minimum Gasteiger partial charge on any atom is -0.493 e. The van der Waals surface area contributed by atoms with Gasteiger partial charge in [0.25, 0.3) is 0 Å². The molecule has 1 heterocycles. The van der Waals surface area contributed by atoms with E-state index in [9.17, 15) is 0 Å². The first-order valence-electron chi connectivity index (χ1n) is 7.09. The van der Waals surface area contributed by atoms with E-state index in [1.807, 2.05) is 12.1 Å². The predicted octanol–water partition coefficient (Wildman–Crippen LogP) is 2.75. The summed E-state index contributed by atoms with van der Waals surface area (Å²) >= 11 is 0. The van der Waals surface area contributed by atoms with Crippen molar-refractivity contribution in [2.24, 2.45) is 11.3 Å². The topological polar surface area (TPSA) is 41.5 Å². The second kappa shape index (κ2) is 5.93. The molecule has 0 fully saturated rings. The highest BCUT2D eigenvalue weighted by Crippen LogP contribution is 2.35. The molecule has 0 aromatic heterocycles. The summed E-state index contributed by atoms with van der Waals surface area (Å²) in [4.78, 5) is 0. The van der Waals surface area contributed by atoms with Gasteiger partial charge in [-0.25, -0.2) is 0 Å². The van der Waals surface area contributed by atoms with Crippen molar-refractivity contribution in [1.82, 2.24) is 5.32 Å². The zero-order valence-corrected chi connectivity index (χ0v) is 12.1. The molecule has 106 valence electrons. The molecule has 2 unspecified atom stereocenters. The van der Waals surface area contributed by atoms with E-state index in [2.05, 4.69) is 38.2 Å². The van der Waals surface area contributed by atoms with E-state index in [-0.39, 0.29) is 12.0 Å². The van der Waals surface area contributed by atoms with Crippen LogP contribution < -0.4 is 10.1 Å². The third-order valence-corrected chi connectivity index (χ3v) is 3.91. The van der Waals surface area contributed by atoms with Crippen molar-refractivity contribution in [1.29, 1.82) is 0 Å². The van der Waals surface area contributed by atoms with E-state index in [0.717, 1.165) is 25.3 Å². The first-order valence-corrected chi connectivity index (χ1v) is 7.09. The van der Waals surface area contributed by atoms with Crippen LogP contribution >= 0.6 is 0 Å². The first kappa shape index (κ1) is 14.4. The molecular formula is C16H25NO2. The Labute approximate surface area is 116 Å². The summed E-state index contributed by atoms with van der Waals surface area (Å²) in [6.07, 6.45) is 0.819. The average Bonchev–Trinajstić information content (AvgIpc) is 2.37. The Morgan fingerprint density at radius 1 is 1.37 bits per heavy atom. The van der Waals surface area contributed by atoms with Gasteiger partial charge in [-0.3, -0.25) is 0 Å². The van der Waals surface area contributed by atoms with Crippen molar-refractivity contribution < 1.29 is 9.84 Å². The Bertz CT molecular complexity index is 417. The van der Waals surface area contributed by atoms with Crippen molar-refractivity contribution in [3.63, 3.8) is 0 Å². The maximum absolute atomic E-state index is 9.10. The lowest BCUT2D eigenvalue weighted by molar-refractivity contribution is 0.163. The van der Waals surface area contributed by atoms with E-state index < -0.39 is 0 Å². The molecule has 1 aromatic carbocycles. The quantitative estimate of drug-likeness (QED) is 0.858. The van der Waals surface area contributed by atoms with Crippen molar-refractivity contribution in [3.05, 3.63) is 29.8 Å². The Kier molecular flexibility index (Phi) is 4.48. The number of aliphatic hydroxyl groups is 1. The fourth-order valence-electron chi connectivity index (χ4n) is 2.58. The minimum atomic E-state index is 0.113. The van der Waals surface area contributed by atoms with Crippen LogP contribution in [-0.2, 0) is 0 Å². The van der Waals surface area contributed by atoms with Crippen LogP contribution in [-0.4, -0.2) is 24.9 Å². The zero-order valence-electron chi connectivity index (χ0n) is 12.1. The summed E-state index contributed by atoms with van der Waals surface area (Å²) in [6.45, 7) is 8.49. The molecule has 1 aromatic rings. The van der Waals surface area contributed by atoms with Crippen LogP contribution in [0, 0.1) is 11.3 Å². The van der Waals surface area contributed by atoms with Crippen LogP contribution in [0.25, 0.3) is 0 Å². The summed E-state index contributed by atoms with van der Waals surface area (Å²) < 4.78 is 5.77. The fourth-order valence-corrected chi connectivity index (χ4v) is 2.58. The number of para-hydroxylation sites is 1. The Hall–Kier alpha value is -1.06. The van der Waals surface area contributed by atoms with Crippen LogP contribution in [0.3, 0.4) is 0 Å². The summed E-state index contributed by atoms with van der Waals surface area (Å²) in [5.74, 6) is 1.46. The van der Waals surface area contributed by atoms with Crippen LogP contribution in [0.15, 0.2) is 24.3 Å². The lowest BCUT2D eigenvalue weighted by Crippen LogP contribution is -2.39. The van der Waals surface area contributed by atoms with Gasteiger partial charge in [0.05, 0.1) is 6.61 Å². The number of fused-ring (bicyclic) bond motifs is 1. The van der Waals surface area contributed by atoms with E-state index >= 15 is 0 Å². The molecule has 1 aliphatic rings. The first-order chi connectivity index (χ1) is 9.03. The van der Waals surface area contributed by atoms with Gasteiger partial charge in [-0.1, -0.05) is 39.0 Å². The number of benzene rings is 1. The molecule has 1 aliphatic heterocycles. The third kappa shape index (κ3) is 3.48. The van der Waals surface area contributed by atoms with E-state index in [0.29, 0.717) is 12.0 Å². The molecule has 19 heavy (non-hydrogen) atoms. The average molecular weight is 263 g/mol. The van der Waals surface area contributed by atoms with Gasteiger partial charge in [-0.15, -0.1) is 0 Å². The molecule has 0 saturated carbocycles. The Balaban J connectivity index is 2.07. The number of rotatable bonds is 5. The van der Waals surface area contributed by atoms with Gasteiger partial charge >= 0.3 is 0 Å². The van der Waals surface area contributed by atoms with Crippen LogP contribution in [0.4, 0.5) is 0 Å². The van der Waals surface area contributed by atoms with Crippen LogP contribution in [0.2, 0.25) is 0 Å². The Morgan fingerprint density at radius 3 is 2.84 bits per heavy atom. The van der Waals surface area contributed by atoms with Gasteiger partial charge in [0.15, 0.2) is 0 Å². The summed E-state index contributed by atoms with van der Waals surface area (Å²) in [7, 11) is 0. The summed E-state index contributed by atoms with van der Waals surface area (Å²) in [5.41, 5.74) is 1.36. The zero-order chi connectivity index (χ0) is 13.9. The molecule has 0 bridgehead atoms. The molecule has 2 rings (SSSR count). The number of hydrogen-bond donors (Lipinski definition) is 2. The van der Waals surface area contributed by atoms with Gasteiger partial charge in [0.2, 0.25) is 0 Å². The molecule has 0 spiro atoms. The van der Waals surface area contributed by atoms with Crippen molar-refractivity contribution in [3.8, 4) is 5.75 Å². The summed E-state index contributed by atoms with van der Waals surface area (Å²) in [6, 6.07) is 8.59. The van der Waals surface area contributed by atoms with Gasteiger partial charge in [0.1, 0.15) is 5.75 Å². The SMILES string of the molecule is CC1COc2ccccc2C1NCC(C)(C)CCO. The van der Waals surface area contributed by atoms with Crippen LogP contribution in [0.1, 0.15) is 38.8 Å². The predicted molar refractivity (Wildman–Crippen MR) is 77.3 cm³/mol. The molecular weight excluding hydrogens is 238 g/mol. The van der Waals surface area contributed by atoms with Gasteiger partial charge in [-0.05, 0) is 17.9 Å². The maximum atomic E-state index is 9.10. The van der Waals surface area contributed by atoms with Crippen molar-refractivity contribution >= 4 is 0 Å². The van der Waals surface area contributed by atoms with Gasteiger partial charge < -0.3 is 15.2 Å². The fraction of sp³-hybridized carbons (Fsp3) is 0.625. The number of ether oxygens (including phenoxy) is 1. The lowest BCUT2D eigenvalue weighted by Gasteiger charge is -2.35. The standard InChI is InChI=1S/C16H25NO2/c1-12-10-19-14-7-5-4-6-13(14)15(12)17-11-16(2,3)8-9-18/h4-7,12,15,17-18H,8-11H2,1-3H3. The second-order valence-corrected chi connectivity index (χ2v) is 6.32. The van der Waals surface area contributed by atoms with E-state index in [1.54, 1.807) is 0 Å². The highest BCUT2D eigenvalue weighted by molar-refractivity contribution is 5.37. The minimum absolute atomic E-state index is 0.113. The lowest BCUT2D eigenvalue weighted by atomic mass is 9.87. The van der Waals surface area contributed by atoms with Crippen molar-refractivity contribution in [2.45, 2.75) is 33.2 Å². The van der Waals surface area contributed by atoms with E-state index in [4.69, 9.17) is 9.84 Å². The molecule has 0 aliphatic carbocycles. The number of hydrogen-bond acceptors (Lipinski definition) is 3. The van der Waals surface area contributed by atoms with Gasteiger partial charge in [0, 0.05) is 30.7 Å². The molecule has 3 heteroatoms. The highest BCUT2D eigenvalue weighted by atomic mass is 16.5. The maximum Gasteiger partial charge on any atom is 0.124 e.